The second-order valence-electron chi connectivity index (χ2n) is 3.77. The Morgan fingerprint density at radius 3 is 2.14 bits per heavy atom. The van der Waals surface area contributed by atoms with Crippen LogP contribution < -0.4 is 5.32 Å². The quantitative estimate of drug-likeness (QED) is 0.517. The molecule has 1 radical (unpaired) electrons. The zero-order valence-corrected chi connectivity index (χ0v) is 9.48. The molecule has 0 rings (SSSR count). The number of rotatable bonds is 11. The van der Waals surface area contributed by atoms with Gasteiger partial charge in [-0.15, -0.1) is 0 Å². The molecule has 0 aliphatic carbocycles. The smallest absolute Gasteiger partial charge is 0.198 e. The van der Waals surface area contributed by atoms with E-state index in [1.54, 1.807) is 0 Å². The van der Waals surface area contributed by atoms with E-state index in [-0.39, 0.29) is 0 Å². The molecule has 2 heteroatoms. The Morgan fingerprint density at radius 2 is 1.57 bits per heavy atom. The minimum absolute atomic E-state index is 0.608. The van der Waals surface area contributed by atoms with Crippen molar-refractivity contribution < 1.29 is 4.79 Å². The molecule has 0 saturated heterocycles. The summed E-state index contributed by atoms with van der Waals surface area (Å²) in [5.41, 5.74) is 0. The maximum Gasteiger partial charge on any atom is 0.198 e. The molecule has 83 valence electrons. The maximum absolute atomic E-state index is 9.90. The van der Waals surface area contributed by atoms with Crippen LogP contribution in [0.2, 0.25) is 0 Å². The van der Waals surface area contributed by atoms with Gasteiger partial charge in [0.2, 0.25) is 0 Å². The lowest BCUT2D eigenvalue weighted by Crippen LogP contribution is -2.16. The summed E-state index contributed by atoms with van der Waals surface area (Å²) in [4.78, 5) is 9.90. The summed E-state index contributed by atoms with van der Waals surface area (Å²) in [5.74, 6) is 0. The van der Waals surface area contributed by atoms with Gasteiger partial charge in [-0.25, -0.2) is 0 Å². The third kappa shape index (κ3) is 11.6. The number of nitrogens with one attached hydrogen (secondary N) is 1. The van der Waals surface area contributed by atoms with Crippen LogP contribution in [0, 0.1) is 0 Å². The molecule has 0 heterocycles. The van der Waals surface area contributed by atoms with Crippen LogP contribution in [0.3, 0.4) is 0 Å². The molecule has 0 aliphatic rings. The topological polar surface area (TPSA) is 29.1 Å². The van der Waals surface area contributed by atoms with Crippen LogP contribution in [0.4, 0.5) is 0 Å². The van der Waals surface area contributed by atoms with E-state index in [4.69, 9.17) is 0 Å². The van der Waals surface area contributed by atoms with Gasteiger partial charge in [0, 0.05) is 6.42 Å². The van der Waals surface area contributed by atoms with Crippen LogP contribution in [0.15, 0.2) is 0 Å². The molecule has 0 amide bonds. The van der Waals surface area contributed by atoms with E-state index >= 15 is 0 Å². The summed E-state index contributed by atoms with van der Waals surface area (Å²) >= 11 is 0. The van der Waals surface area contributed by atoms with Crippen molar-refractivity contribution in [2.45, 2.75) is 58.3 Å². The average molecular weight is 198 g/mol. The fourth-order valence-corrected chi connectivity index (χ4v) is 1.43. The highest BCUT2D eigenvalue weighted by atomic mass is 16.1. The first kappa shape index (κ1) is 13.6. The van der Waals surface area contributed by atoms with Gasteiger partial charge in [0.05, 0.1) is 0 Å². The van der Waals surface area contributed by atoms with E-state index in [1.165, 1.54) is 32.1 Å². The lowest BCUT2D eigenvalue weighted by molar-refractivity contribution is 0.539. The average Bonchev–Trinajstić information content (AvgIpc) is 2.21. The summed E-state index contributed by atoms with van der Waals surface area (Å²) < 4.78 is 0. The third-order valence-corrected chi connectivity index (χ3v) is 2.34. The predicted molar refractivity (Wildman–Crippen MR) is 61.2 cm³/mol. The van der Waals surface area contributed by atoms with Gasteiger partial charge in [-0.05, 0) is 32.4 Å². The van der Waals surface area contributed by atoms with Crippen LogP contribution in [-0.4, -0.2) is 19.4 Å². The molecule has 14 heavy (non-hydrogen) atoms. The lowest BCUT2D eigenvalue weighted by atomic mass is 10.2. The highest BCUT2D eigenvalue weighted by Crippen LogP contribution is 1.98. The lowest BCUT2D eigenvalue weighted by Gasteiger charge is -2.03. The molecular weight excluding hydrogens is 174 g/mol. The molecule has 2 nitrogen and oxygen atoms in total. The first-order valence-electron chi connectivity index (χ1n) is 5.97. The van der Waals surface area contributed by atoms with Gasteiger partial charge in [0.25, 0.3) is 0 Å². The van der Waals surface area contributed by atoms with Crippen LogP contribution in [-0.2, 0) is 4.79 Å². The Kier molecular flexibility index (Phi) is 12.3. The molecule has 0 atom stereocenters. The fourth-order valence-electron chi connectivity index (χ4n) is 1.43. The summed E-state index contributed by atoms with van der Waals surface area (Å²) in [6.45, 7) is 4.49. The monoisotopic (exact) mass is 198 g/mol. The Labute approximate surface area is 88.5 Å². The van der Waals surface area contributed by atoms with Crippen LogP contribution in [0.25, 0.3) is 0 Å². The first-order chi connectivity index (χ1) is 6.91. The normalized spacial score (nSPS) is 10.4. The zero-order valence-electron chi connectivity index (χ0n) is 9.48. The van der Waals surface area contributed by atoms with E-state index in [1.807, 2.05) is 6.29 Å². The molecule has 0 aliphatic heterocycles. The standard InChI is InChI=1S/C12H24NO/c1-2-3-4-7-10-13-11-8-5-6-9-12-14/h13H,2-11H2,1H3. The Morgan fingerprint density at radius 1 is 0.929 bits per heavy atom. The van der Waals surface area contributed by atoms with Crippen molar-refractivity contribution >= 4 is 6.29 Å². The molecule has 0 aromatic heterocycles. The zero-order chi connectivity index (χ0) is 10.5. The molecule has 1 N–H and O–H groups in total. The Balaban J connectivity index is 2.81. The molecule has 0 saturated carbocycles. The minimum atomic E-state index is 0.608. The van der Waals surface area contributed by atoms with Gasteiger partial charge < -0.3 is 5.32 Å². The predicted octanol–water partition coefficient (Wildman–Crippen LogP) is 2.83. The van der Waals surface area contributed by atoms with Crippen LogP contribution in [0.5, 0.6) is 0 Å². The molecule has 0 bridgehead atoms. The van der Waals surface area contributed by atoms with Crippen molar-refractivity contribution in [3.8, 4) is 0 Å². The van der Waals surface area contributed by atoms with Crippen molar-refractivity contribution in [2.24, 2.45) is 0 Å². The van der Waals surface area contributed by atoms with E-state index in [0.717, 1.165) is 25.9 Å². The largest absolute Gasteiger partial charge is 0.317 e. The minimum Gasteiger partial charge on any atom is -0.317 e. The van der Waals surface area contributed by atoms with E-state index in [9.17, 15) is 4.79 Å². The summed E-state index contributed by atoms with van der Waals surface area (Å²) in [6, 6.07) is 0. The summed E-state index contributed by atoms with van der Waals surface area (Å²) in [7, 11) is 0. The van der Waals surface area contributed by atoms with Gasteiger partial charge in [0.1, 0.15) is 0 Å². The molecule has 0 fully saturated rings. The van der Waals surface area contributed by atoms with Crippen molar-refractivity contribution in [1.29, 1.82) is 0 Å². The first-order valence-corrected chi connectivity index (χ1v) is 5.97. The SMILES string of the molecule is CCCCCCNCCCCC[C]=O. The van der Waals surface area contributed by atoms with Gasteiger partial charge in [-0.3, -0.25) is 4.79 Å². The molecule has 0 aromatic rings. The third-order valence-electron chi connectivity index (χ3n) is 2.34. The second kappa shape index (κ2) is 12.6. The van der Waals surface area contributed by atoms with E-state index < -0.39 is 0 Å². The number of hydrogen-bond donors (Lipinski definition) is 1. The van der Waals surface area contributed by atoms with Crippen LogP contribution in [0.1, 0.15) is 58.3 Å². The molecule has 0 aromatic carbocycles. The highest BCUT2D eigenvalue weighted by molar-refractivity contribution is 5.50. The van der Waals surface area contributed by atoms with Crippen LogP contribution >= 0.6 is 0 Å². The summed E-state index contributed by atoms with van der Waals surface area (Å²) in [5, 5.41) is 3.42. The van der Waals surface area contributed by atoms with Gasteiger partial charge in [0.15, 0.2) is 6.29 Å². The Hall–Kier alpha value is -0.370. The molecule has 0 unspecified atom stereocenters. The number of hydrogen-bond acceptors (Lipinski definition) is 2. The molecular formula is C12H24NO. The maximum atomic E-state index is 9.90. The second-order valence-corrected chi connectivity index (χ2v) is 3.77. The van der Waals surface area contributed by atoms with Gasteiger partial charge >= 0.3 is 0 Å². The fraction of sp³-hybridized carbons (Fsp3) is 0.917. The number of unbranched alkanes of at least 4 members (excludes halogenated alkanes) is 6. The highest BCUT2D eigenvalue weighted by Gasteiger charge is 1.90. The van der Waals surface area contributed by atoms with Gasteiger partial charge in [-0.1, -0.05) is 32.6 Å². The Bertz CT molecular complexity index is 115. The van der Waals surface area contributed by atoms with E-state index in [0.29, 0.717) is 6.42 Å². The van der Waals surface area contributed by atoms with Crippen molar-refractivity contribution in [3.63, 3.8) is 0 Å². The van der Waals surface area contributed by atoms with Crippen molar-refractivity contribution in [3.05, 3.63) is 0 Å². The summed E-state index contributed by atoms with van der Waals surface area (Å²) in [6.07, 6.45) is 11.2. The van der Waals surface area contributed by atoms with Gasteiger partial charge in [-0.2, -0.15) is 0 Å². The number of carbonyl (C=O) groups excluding carboxylic acids is 1. The van der Waals surface area contributed by atoms with Crippen molar-refractivity contribution in [1.82, 2.24) is 5.32 Å². The molecule has 0 spiro atoms. The van der Waals surface area contributed by atoms with E-state index in [2.05, 4.69) is 12.2 Å². The van der Waals surface area contributed by atoms with Crippen molar-refractivity contribution in [2.75, 3.05) is 13.1 Å².